The predicted octanol–water partition coefficient (Wildman–Crippen LogP) is 2.30. The number of nitrogens with zero attached hydrogens (tertiary/aromatic N) is 1. The Hall–Kier alpha value is -1.46. The lowest BCUT2D eigenvalue weighted by molar-refractivity contribution is -0.136. The van der Waals surface area contributed by atoms with Crippen molar-refractivity contribution in [2.75, 3.05) is 13.6 Å². The highest BCUT2D eigenvalue weighted by Gasteiger charge is 2.28. The minimum Gasteiger partial charge on any atom is -0.459 e. The van der Waals surface area contributed by atoms with Crippen LogP contribution in [0.4, 0.5) is 13.2 Å². The van der Waals surface area contributed by atoms with Crippen LogP contribution >= 0.6 is 0 Å². The molecule has 0 atom stereocenters. The lowest BCUT2D eigenvalue weighted by Gasteiger charge is -2.16. The van der Waals surface area contributed by atoms with Gasteiger partial charge in [-0.05, 0) is 12.1 Å². The summed E-state index contributed by atoms with van der Waals surface area (Å²) in [7, 11) is 1.30. The molecule has 1 amide bonds. The first-order valence-electron chi connectivity index (χ1n) is 4.26. The van der Waals surface area contributed by atoms with Gasteiger partial charge in [-0.2, -0.15) is 13.2 Å². The van der Waals surface area contributed by atoms with Crippen LogP contribution in [0.25, 0.3) is 0 Å². The zero-order valence-electron chi connectivity index (χ0n) is 8.04. The summed E-state index contributed by atoms with van der Waals surface area (Å²) >= 11 is 0. The van der Waals surface area contributed by atoms with Crippen LogP contribution in [-0.2, 0) is 0 Å². The maximum atomic E-state index is 11.9. The van der Waals surface area contributed by atoms with E-state index in [9.17, 15) is 18.0 Å². The molecule has 0 fully saturated rings. The largest absolute Gasteiger partial charge is 0.459 e. The topological polar surface area (TPSA) is 33.5 Å². The van der Waals surface area contributed by atoms with Gasteiger partial charge in [0.05, 0.1) is 12.7 Å². The van der Waals surface area contributed by atoms with E-state index in [1.54, 1.807) is 0 Å². The van der Waals surface area contributed by atoms with E-state index in [1.165, 1.54) is 25.4 Å². The molecule has 0 aromatic carbocycles. The van der Waals surface area contributed by atoms with Gasteiger partial charge in [-0.15, -0.1) is 0 Å². The van der Waals surface area contributed by atoms with Crippen molar-refractivity contribution in [3.63, 3.8) is 0 Å². The summed E-state index contributed by atoms with van der Waals surface area (Å²) in [6, 6.07) is 2.91. The van der Waals surface area contributed by atoms with E-state index < -0.39 is 18.5 Å². The van der Waals surface area contributed by atoms with E-state index in [2.05, 4.69) is 0 Å². The second kappa shape index (κ2) is 4.37. The van der Waals surface area contributed by atoms with E-state index in [-0.39, 0.29) is 12.3 Å². The highest BCUT2D eigenvalue weighted by Crippen LogP contribution is 2.19. The molecule has 0 radical (unpaired) electrons. The number of hydrogen-bond acceptors (Lipinski definition) is 2. The van der Waals surface area contributed by atoms with Crippen LogP contribution in [0.1, 0.15) is 17.0 Å². The van der Waals surface area contributed by atoms with Gasteiger partial charge in [0.2, 0.25) is 0 Å². The molecule has 0 spiro atoms. The summed E-state index contributed by atoms with van der Waals surface area (Å²) in [5.74, 6) is -0.510. The van der Waals surface area contributed by atoms with Gasteiger partial charge in [-0.1, -0.05) is 0 Å². The van der Waals surface area contributed by atoms with E-state index in [0.29, 0.717) is 0 Å². The van der Waals surface area contributed by atoms with Gasteiger partial charge in [0.1, 0.15) is 0 Å². The van der Waals surface area contributed by atoms with Crippen molar-refractivity contribution in [2.24, 2.45) is 0 Å². The van der Waals surface area contributed by atoms with Gasteiger partial charge in [0.15, 0.2) is 5.76 Å². The maximum absolute atomic E-state index is 11.9. The van der Waals surface area contributed by atoms with Gasteiger partial charge in [0.25, 0.3) is 5.91 Å². The minimum absolute atomic E-state index is 0.0414. The standard InChI is InChI=1S/C9H10F3NO2/c1-13(5-4-9(10,11)12)8(14)7-3-2-6-15-7/h2-3,6H,4-5H2,1H3. The van der Waals surface area contributed by atoms with Gasteiger partial charge in [0, 0.05) is 13.6 Å². The van der Waals surface area contributed by atoms with Crippen molar-refractivity contribution in [3.05, 3.63) is 24.2 Å². The summed E-state index contributed by atoms with van der Waals surface area (Å²) in [4.78, 5) is 12.4. The van der Waals surface area contributed by atoms with Crippen LogP contribution in [-0.4, -0.2) is 30.6 Å². The molecule has 0 aliphatic rings. The SMILES string of the molecule is CN(CCC(F)(F)F)C(=O)c1ccco1. The van der Waals surface area contributed by atoms with Gasteiger partial charge < -0.3 is 9.32 Å². The highest BCUT2D eigenvalue weighted by molar-refractivity contribution is 5.91. The zero-order chi connectivity index (χ0) is 11.5. The van der Waals surface area contributed by atoms with Crippen molar-refractivity contribution < 1.29 is 22.4 Å². The molecule has 0 N–H and O–H groups in total. The Bertz CT molecular complexity index is 319. The van der Waals surface area contributed by atoms with E-state index >= 15 is 0 Å². The molecule has 1 rings (SSSR count). The molecule has 3 nitrogen and oxygen atoms in total. The Balaban J connectivity index is 2.48. The van der Waals surface area contributed by atoms with Crippen molar-refractivity contribution in [2.45, 2.75) is 12.6 Å². The fourth-order valence-corrected chi connectivity index (χ4v) is 0.984. The van der Waals surface area contributed by atoms with Crippen molar-refractivity contribution in [1.82, 2.24) is 4.90 Å². The molecule has 6 heteroatoms. The van der Waals surface area contributed by atoms with Gasteiger partial charge in [-0.3, -0.25) is 4.79 Å². The summed E-state index contributed by atoms with van der Waals surface area (Å²) in [5.41, 5.74) is 0. The smallest absolute Gasteiger partial charge is 0.390 e. The second-order valence-corrected chi connectivity index (χ2v) is 3.07. The number of furan rings is 1. The number of rotatable bonds is 3. The Labute approximate surface area is 84.5 Å². The highest BCUT2D eigenvalue weighted by atomic mass is 19.4. The third kappa shape index (κ3) is 3.65. The molecule has 84 valence electrons. The van der Waals surface area contributed by atoms with E-state index in [0.717, 1.165) is 4.90 Å². The fourth-order valence-electron chi connectivity index (χ4n) is 0.984. The molecule has 0 saturated heterocycles. The normalized spacial score (nSPS) is 11.5. The predicted molar refractivity (Wildman–Crippen MR) is 46.3 cm³/mol. The van der Waals surface area contributed by atoms with E-state index in [4.69, 9.17) is 4.42 Å². The lowest BCUT2D eigenvalue weighted by Crippen LogP contribution is -2.30. The van der Waals surface area contributed by atoms with Crippen LogP contribution in [0.2, 0.25) is 0 Å². The summed E-state index contributed by atoms with van der Waals surface area (Å²) in [6.45, 7) is -0.372. The second-order valence-electron chi connectivity index (χ2n) is 3.07. The molecule has 1 aromatic rings. The quantitative estimate of drug-likeness (QED) is 0.784. The number of alkyl halides is 3. The Morgan fingerprint density at radius 3 is 2.67 bits per heavy atom. The fraction of sp³-hybridized carbons (Fsp3) is 0.444. The zero-order valence-corrected chi connectivity index (χ0v) is 8.04. The van der Waals surface area contributed by atoms with E-state index in [1.807, 2.05) is 0 Å². The summed E-state index contributed by atoms with van der Waals surface area (Å²) < 4.78 is 40.4. The number of carbonyl (C=O) groups excluding carboxylic acids is 1. The van der Waals surface area contributed by atoms with Crippen LogP contribution in [0, 0.1) is 0 Å². The number of hydrogen-bond donors (Lipinski definition) is 0. The molecule has 0 saturated carbocycles. The first kappa shape index (κ1) is 11.6. The van der Waals surface area contributed by atoms with Gasteiger partial charge in [-0.25, -0.2) is 0 Å². The Morgan fingerprint density at radius 1 is 1.53 bits per heavy atom. The molecular formula is C9H10F3NO2. The van der Waals surface area contributed by atoms with Crippen molar-refractivity contribution in [1.29, 1.82) is 0 Å². The van der Waals surface area contributed by atoms with Gasteiger partial charge >= 0.3 is 6.18 Å². The molecular weight excluding hydrogens is 211 g/mol. The first-order valence-corrected chi connectivity index (χ1v) is 4.26. The van der Waals surface area contributed by atoms with Crippen LogP contribution < -0.4 is 0 Å². The molecule has 0 aliphatic heterocycles. The number of carbonyl (C=O) groups is 1. The third-order valence-electron chi connectivity index (χ3n) is 1.81. The van der Waals surface area contributed by atoms with Crippen molar-refractivity contribution in [3.8, 4) is 0 Å². The number of halogens is 3. The maximum Gasteiger partial charge on any atom is 0.390 e. The molecule has 1 heterocycles. The van der Waals surface area contributed by atoms with Crippen LogP contribution in [0.3, 0.4) is 0 Å². The summed E-state index contributed by atoms with van der Waals surface area (Å²) in [5, 5.41) is 0. The monoisotopic (exact) mass is 221 g/mol. The van der Waals surface area contributed by atoms with Crippen molar-refractivity contribution >= 4 is 5.91 Å². The van der Waals surface area contributed by atoms with Crippen LogP contribution in [0.15, 0.2) is 22.8 Å². The molecule has 15 heavy (non-hydrogen) atoms. The molecule has 0 unspecified atom stereocenters. The summed E-state index contributed by atoms with van der Waals surface area (Å²) in [6.07, 6.45) is -3.97. The molecule has 1 aromatic heterocycles. The van der Waals surface area contributed by atoms with Crippen LogP contribution in [0.5, 0.6) is 0 Å². The lowest BCUT2D eigenvalue weighted by atomic mass is 10.3. The average molecular weight is 221 g/mol. The first-order chi connectivity index (χ1) is 6.90. The minimum atomic E-state index is -4.25. The third-order valence-corrected chi connectivity index (χ3v) is 1.81. The molecule has 0 aliphatic carbocycles. The Morgan fingerprint density at radius 2 is 2.20 bits per heavy atom. The number of amides is 1. The molecule has 0 bridgehead atoms. The Kier molecular flexibility index (Phi) is 3.39. The average Bonchev–Trinajstić information content (AvgIpc) is 2.64.